The second-order valence-electron chi connectivity index (χ2n) is 8.72. The number of alkyl halides is 3. The molecule has 0 radical (unpaired) electrons. The fourth-order valence-corrected chi connectivity index (χ4v) is 5.42. The van der Waals surface area contributed by atoms with Gasteiger partial charge >= 0.3 is 5.51 Å². The number of halogens is 3. The number of fused-ring (bicyclic) bond motifs is 2. The Hall–Kier alpha value is -2.28. The van der Waals surface area contributed by atoms with Crippen LogP contribution in [0.4, 0.5) is 13.2 Å². The molecule has 0 amide bonds. The van der Waals surface area contributed by atoms with E-state index in [1.54, 1.807) is 6.07 Å². The molecule has 1 saturated carbocycles. The molecule has 0 spiro atoms. The van der Waals surface area contributed by atoms with E-state index >= 15 is 0 Å². The molecule has 3 aliphatic rings. The molecule has 1 saturated heterocycles. The van der Waals surface area contributed by atoms with Gasteiger partial charge in [0, 0.05) is 25.7 Å². The maximum atomic E-state index is 13.2. The second kappa shape index (κ2) is 8.25. The average molecular weight is 456 g/mol. The standard InChI is InChI=1S/C26H24F3NOS/c1-17-14-21(17)16-30-12-10-20(11-13-30)25-23-5-3-2-4-18(23)6-7-19-8-9-22(15-24(19)25)32(31)26(27,28)29/h2-9,15,21H,1,10-14,16H2. The van der Waals surface area contributed by atoms with Gasteiger partial charge in [0.1, 0.15) is 0 Å². The van der Waals surface area contributed by atoms with Crippen molar-refractivity contribution in [2.75, 3.05) is 19.6 Å². The van der Waals surface area contributed by atoms with Crippen molar-refractivity contribution in [1.29, 1.82) is 0 Å². The highest BCUT2D eigenvalue weighted by molar-refractivity contribution is 7.92. The minimum atomic E-state index is -4.78. The molecule has 1 aliphatic heterocycles. The molecule has 166 valence electrons. The van der Waals surface area contributed by atoms with Gasteiger partial charge in [0.25, 0.3) is 0 Å². The maximum absolute atomic E-state index is 13.2. The smallest absolute Gasteiger partial charge is 0.578 e. The second-order valence-corrected chi connectivity index (χ2v) is 10.2. The fraction of sp³-hybridized carbons (Fsp3) is 0.308. The molecule has 0 N–H and O–H groups in total. The third kappa shape index (κ3) is 4.19. The van der Waals surface area contributed by atoms with Crippen molar-refractivity contribution in [3.8, 4) is 0 Å². The van der Waals surface area contributed by atoms with E-state index in [0.29, 0.717) is 5.92 Å². The quantitative estimate of drug-likeness (QED) is 0.344. The summed E-state index contributed by atoms with van der Waals surface area (Å²) in [4.78, 5) is 2.26. The van der Waals surface area contributed by atoms with Gasteiger partial charge in [-0.2, -0.15) is 0 Å². The first-order chi connectivity index (χ1) is 15.3. The fourth-order valence-electron chi connectivity index (χ4n) is 4.74. The summed E-state index contributed by atoms with van der Waals surface area (Å²) < 4.78 is 51.6. The Labute approximate surface area is 189 Å². The lowest BCUT2D eigenvalue weighted by atomic mass is 9.86. The summed E-state index contributed by atoms with van der Waals surface area (Å²) in [6.45, 7) is 6.97. The molecule has 2 aromatic rings. The van der Waals surface area contributed by atoms with Crippen molar-refractivity contribution in [3.63, 3.8) is 0 Å². The Balaban J connectivity index is 1.56. The van der Waals surface area contributed by atoms with Crippen LogP contribution in [0.3, 0.4) is 0 Å². The normalized spacial score (nSPS) is 21.8. The van der Waals surface area contributed by atoms with Crippen LogP contribution in [0.2, 0.25) is 0 Å². The first-order valence-electron chi connectivity index (χ1n) is 10.8. The van der Waals surface area contributed by atoms with Crippen LogP contribution < -0.4 is 0 Å². The highest BCUT2D eigenvalue weighted by Crippen LogP contribution is 2.42. The Morgan fingerprint density at radius 3 is 2.31 bits per heavy atom. The zero-order chi connectivity index (χ0) is 22.5. The number of nitrogens with zero attached hydrogens (tertiary/aromatic N) is 1. The van der Waals surface area contributed by atoms with Gasteiger partial charge in [-0.15, -0.1) is 13.2 Å². The first kappa shape index (κ1) is 21.6. The summed E-state index contributed by atoms with van der Waals surface area (Å²) in [5, 5.41) is 0. The molecule has 2 atom stereocenters. The highest BCUT2D eigenvalue weighted by Gasteiger charge is 2.46. The van der Waals surface area contributed by atoms with Crippen LogP contribution >= 0.6 is 0 Å². The molecule has 2 unspecified atom stereocenters. The number of hydrogen-bond acceptors (Lipinski definition) is 2. The van der Waals surface area contributed by atoms with Crippen molar-refractivity contribution < 1.29 is 17.7 Å². The van der Waals surface area contributed by atoms with E-state index < -0.39 is 16.7 Å². The molecule has 0 aromatic heterocycles. The van der Waals surface area contributed by atoms with Crippen LogP contribution in [-0.4, -0.2) is 34.6 Å². The number of rotatable bonds is 3. The molecule has 2 aliphatic carbocycles. The third-order valence-electron chi connectivity index (χ3n) is 6.61. The minimum absolute atomic E-state index is 0.202. The summed E-state index contributed by atoms with van der Waals surface area (Å²) in [7, 11) is 0. The molecule has 5 rings (SSSR count). The van der Waals surface area contributed by atoms with Crippen molar-refractivity contribution in [3.05, 3.63) is 82.4 Å². The summed E-state index contributed by atoms with van der Waals surface area (Å²) >= 11 is -3.05. The molecule has 6 heteroatoms. The number of likely N-dealkylation sites (tertiary alicyclic amines) is 1. The molecular weight excluding hydrogens is 431 g/mol. The molecule has 0 bridgehead atoms. The van der Waals surface area contributed by atoms with Crippen molar-refractivity contribution in [2.24, 2.45) is 5.92 Å². The van der Waals surface area contributed by atoms with Crippen LogP contribution in [0.1, 0.15) is 41.5 Å². The zero-order valence-electron chi connectivity index (χ0n) is 17.6. The average Bonchev–Trinajstić information content (AvgIpc) is 3.50. The van der Waals surface area contributed by atoms with E-state index in [1.165, 1.54) is 23.3 Å². The SMILES string of the molecule is C=C1CC1CN1CCC(=C2c3ccccc3C=Cc3ccc([S+]([O-])C(F)(F)F)cc32)CC1. The number of benzene rings is 2. The minimum Gasteiger partial charge on any atom is -0.604 e. The summed E-state index contributed by atoms with van der Waals surface area (Å²) in [5.74, 6) is 0.618. The van der Waals surface area contributed by atoms with Gasteiger partial charge in [-0.25, -0.2) is 0 Å². The highest BCUT2D eigenvalue weighted by atomic mass is 32.2. The van der Waals surface area contributed by atoms with Crippen LogP contribution in [-0.2, 0) is 11.2 Å². The Morgan fingerprint density at radius 1 is 1.00 bits per heavy atom. The molecular formula is C26H24F3NOS. The predicted molar refractivity (Wildman–Crippen MR) is 123 cm³/mol. The van der Waals surface area contributed by atoms with E-state index in [9.17, 15) is 17.7 Å². The largest absolute Gasteiger partial charge is 0.604 e. The maximum Gasteiger partial charge on any atom is 0.578 e. The first-order valence-corrected chi connectivity index (χ1v) is 12.0. The Morgan fingerprint density at radius 2 is 1.66 bits per heavy atom. The van der Waals surface area contributed by atoms with Crippen LogP contribution in [0, 0.1) is 5.92 Å². The lowest BCUT2D eigenvalue weighted by molar-refractivity contribution is -0.0435. The van der Waals surface area contributed by atoms with E-state index in [1.807, 2.05) is 36.4 Å². The van der Waals surface area contributed by atoms with Crippen molar-refractivity contribution >= 4 is 28.9 Å². The van der Waals surface area contributed by atoms with Crippen LogP contribution in [0.5, 0.6) is 0 Å². The molecule has 32 heavy (non-hydrogen) atoms. The molecule has 2 aromatic carbocycles. The lowest BCUT2D eigenvalue weighted by Crippen LogP contribution is -2.32. The Kier molecular flexibility index (Phi) is 5.56. The van der Waals surface area contributed by atoms with Gasteiger partial charge in [0.15, 0.2) is 4.90 Å². The predicted octanol–water partition coefficient (Wildman–Crippen LogP) is 6.27. The van der Waals surface area contributed by atoms with Gasteiger partial charge in [-0.05, 0) is 65.1 Å². The van der Waals surface area contributed by atoms with E-state index in [0.717, 1.165) is 66.7 Å². The van der Waals surface area contributed by atoms with Gasteiger partial charge in [0.05, 0.1) is 11.2 Å². The lowest BCUT2D eigenvalue weighted by Gasteiger charge is -2.30. The van der Waals surface area contributed by atoms with E-state index in [4.69, 9.17) is 0 Å². The monoisotopic (exact) mass is 455 g/mol. The number of piperidine rings is 1. The topological polar surface area (TPSA) is 26.3 Å². The Bertz CT molecular complexity index is 1120. The van der Waals surface area contributed by atoms with Crippen LogP contribution in [0.15, 0.2) is 65.1 Å². The van der Waals surface area contributed by atoms with Crippen molar-refractivity contribution in [2.45, 2.75) is 29.7 Å². The van der Waals surface area contributed by atoms with Gasteiger partial charge in [-0.3, -0.25) is 0 Å². The zero-order valence-corrected chi connectivity index (χ0v) is 18.4. The van der Waals surface area contributed by atoms with Gasteiger partial charge < -0.3 is 9.45 Å². The summed E-state index contributed by atoms with van der Waals surface area (Å²) in [6.07, 6.45) is 6.81. The van der Waals surface area contributed by atoms with Crippen LogP contribution in [0.25, 0.3) is 17.7 Å². The summed E-state index contributed by atoms with van der Waals surface area (Å²) in [5.41, 5.74) is 2.46. The third-order valence-corrected chi connectivity index (χ3v) is 7.71. The van der Waals surface area contributed by atoms with Crippen molar-refractivity contribution in [1.82, 2.24) is 4.90 Å². The molecule has 2 nitrogen and oxygen atoms in total. The summed E-state index contributed by atoms with van der Waals surface area (Å²) in [6, 6.07) is 12.5. The van der Waals surface area contributed by atoms with E-state index in [-0.39, 0.29) is 4.90 Å². The van der Waals surface area contributed by atoms with E-state index in [2.05, 4.69) is 11.5 Å². The number of hydrogen-bond donors (Lipinski definition) is 0. The van der Waals surface area contributed by atoms with Gasteiger partial charge in [-0.1, -0.05) is 54.1 Å². The molecule has 2 fully saturated rings. The molecule has 1 heterocycles. The van der Waals surface area contributed by atoms with Gasteiger partial charge in [0.2, 0.25) is 0 Å².